The average molecular weight is 402 g/mol. The normalized spacial score (nSPS) is 16.0. The molecule has 0 aliphatic carbocycles. The molecular formula is C20H23FN4O4. The summed E-state index contributed by atoms with van der Waals surface area (Å²) < 4.78 is 20.0. The number of pyridine rings is 1. The summed E-state index contributed by atoms with van der Waals surface area (Å²) in [6.07, 6.45) is 0.542. The van der Waals surface area contributed by atoms with Crippen LogP contribution in [0.5, 0.6) is 0 Å². The van der Waals surface area contributed by atoms with Gasteiger partial charge >= 0.3 is 6.09 Å². The number of aliphatic hydroxyl groups is 1. The van der Waals surface area contributed by atoms with Crippen LogP contribution in [-0.2, 0) is 16.1 Å². The number of nitrogens with zero attached hydrogens (tertiary/aromatic N) is 2. The molecule has 3 rings (SSSR count). The maximum absolute atomic E-state index is 14.8. The Morgan fingerprint density at radius 3 is 2.93 bits per heavy atom. The van der Waals surface area contributed by atoms with E-state index in [2.05, 4.69) is 15.6 Å². The number of carbonyl (C=O) groups excluding carboxylic acids is 2. The van der Waals surface area contributed by atoms with E-state index in [1.54, 1.807) is 30.5 Å². The van der Waals surface area contributed by atoms with Gasteiger partial charge < -0.3 is 20.5 Å². The number of aliphatic hydroxyl groups excluding tert-OH is 1. The molecule has 1 fully saturated rings. The Bertz CT molecular complexity index is 893. The zero-order valence-corrected chi connectivity index (χ0v) is 16.0. The van der Waals surface area contributed by atoms with Gasteiger partial charge in [-0.3, -0.25) is 14.7 Å². The number of carbonyl (C=O) groups is 2. The van der Waals surface area contributed by atoms with Crippen molar-refractivity contribution in [1.29, 1.82) is 0 Å². The number of benzene rings is 1. The molecule has 2 amide bonds. The number of anilines is 1. The highest BCUT2D eigenvalue weighted by molar-refractivity contribution is 5.90. The molecule has 8 nitrogen and oxygen atoms in total. The third-order valence-corrected chi connectivity index (χ3v) is 4.44. The molecule has 154 valence electrons. The first-order valence-corrected chi connectivity index (χ1v) is 9.27. The van der Waals surface area contributed by atoms with Gasteiger partial charge in [0.15, 0.2) is 0 Å². The molecule has 0 radical (unpaired) electrons. The summed E-state index contributed by atoms with van der Waals surface area (Å²) in [5, 5.41) is 14.5. The lowest BCUT2D eigenvalue weighted by atomic mass is 10.0. The van der Waals surface area contributed by atoms with E-state index < -0.39 is 18.0 Å². The zero-order chi connectivity index (χ0) is 20.8. The fraction of sp³-hybridized carbons (Fsp3) is 0.350. The highest BCUT2D eigenvalue weighted by Gasteiger charge is 2.32. The number of halogens is 1. The average Bonchev–Trinajstić information content (AvgIpc) is 3.07. The van der Waals surface area contributed by atoms with Gasteiger partial charge in [-0.15, -0.1) is 0 Å². The van der Waals surface area contributed by atoms with E-state index in [1.807, 2.05) is 0 Å². The second-order valence-electron chi connectivity index (χ2n) is 6.65. The van der Waals surface area contributed by atoms with Crippen LogP contribution in [0.1, 0.15) is 12.6 Å². The summed E-state index contributed by atoms with van der Waals surface area (Å²) in [5.41, 5.74) is 2.17. The van der Waals surface area contributed by atoms with E-state index in [9.17, 15) is 14.0 Å². The topological polar surface area (TPSA) is 104 Å². The fourth-order valence-corrected chi connectivity index (χ4v) is 3.04. The molecule has 3 N–H and O–H groups in total. The number of hydrogen-bond acceptors (Lipinski definition) is 6. The molecule has 0 bridgehead atoms. The van der Waals surface area contributed by atoms with Gasteiger partial charge in [-0.1, -0.05) is 0 Å². The van der Waals surface area contributed by atoms with Crippen LogP contribution in [0.25, 0.3) is 11.1 Å². The third-order valence-electron chi connectivity index (χ3n) is 4.44. The summed E-state index contributed by atoms with van der Waals surface area (Å²) in [4.78, 5) is 28.7. The molecule has 1 atom stereocenters. The number of hydrogen-bond donors (Lipinski definition) is 3. The van der Waals surface area contributed by atoms with Crippen molar-refractivity contribution in [1.82, 2.24) is 15.6 Å². The van der Waals surface area contributed by atoms with Crippen LogP contribution in [0.2, 0.25) is 0 Å². The first kappa shape index (κ1) is 20.7. The molecule has 9 heteroatoms. The quantitative estimate of drug-likeness (QED) is 0.577. The van der Waals surface area contributed by atoms with Crippen LogP contribution in [0.3, 0.4) is 0 Å². The van der Waals surface area contributed by atoms with Gasteiger partial charge in [-0.25, -0.2) is 9.18 Å². The lowest BCUT2D eigenvalue weighted by Crippen LogP contribution is -2.33. The highest BCUT2D eigenvalue weighted by atomic mass is 19.1. The van der Waals surface area contributed by atoms with Gasteiger partial charge in [0.05, 0.1) is 31.1 Å². The van der Waals surface area contributed by atoms with Gasteiger partial charge in [-0.2, -0.15) is 0 Å². The van der Waals surface area contributed by atoms with Gasteiger partial charge in [0.25, 0.3) is 0 Å². The van der Waals surface area contributed by atoms with Crippen LogP contribution < -0.4 is 15.5 Å². The van der Waals surface area contributed by atoms with E-state index in [4.69, 9.17) is 9.84 Å². The standard InChI is InChI=1S/C20H23FN4O4/c1-13(27)24-11-17-12-25(20(28)29-17)16-2-3-18(19(21)9-16)14-4-5-23-15(8-14)10-22-6-7-26/h2-5,8-9,17,22,26H,6-7,10-12H2,1H3,(H,24,27)/t17-/m0/s1. The Hall–Kier alpha value is -3.04. The largest absolute Gasteiger partial charge is 0.442 e. The minimum Gasteiger partial charge on any atom is -0.442 e. The first-order valence-electron chi connectivity index (χ1n) is 9.27. The van der Waals surface area contributed by atoms with Crippen LogP contribution in [0.4, 0.5) is 14.9 Å². The van der Waals surface area contributed by atoms with Gasteiger partial charge in [0.1, 0.15) is 11.9 Å². The molecule has 1 aromatic carbocycles. The molecule has 1 aromatic heterocycles. The van der Waals surface area contributed by atoms with Crippen molar-refractivity contribution in [3.8, 4) is 11.1 Å². The SMILES string of the molecule is CC(=O)NC[C@H]1CN(c2ccc(-c3ccnc(CNCCO)c3)c(F)c2)C(=O)O1. The van der Waals surface area contributed by atoms with Crippen LogP contribution in [-0.4, -0.2) is 54.4 Å². The Balaban J connectivity index is 1.73. The number of rotatable bonds is 8. The van der Waals surface area contributed by atoms with Crippen molar-refractivity contribution in [2.75, 3.05) is 31.1 Å². The van der Waals surface area contributed by atoms with E-state index >= 15 is 0 Å². The monoisotopic (exact) mass is 402 g/mol. The molecule has 0 unspecified atom stereocenters. The van der Waals surface area contributed by atoms with Crippen molar-refractivity contribution in [2.24, 2.45) is 0 Å². The maximum Gasteiger partial charge on any atom is 0.414 e. The minimum absolute atomic E-state index is 0.0282. The number of cyclic esters (lactones) is 1. The van der Waals surface area contributed by atoms with E-state index in [-0.39, 0.29) is 25.6 Å². The van der Waals surface area contributed by atoms with Crippen LogP contribution >= 0.6 is 0 Å². The van der Waals surface area contributed by atoms with Crippen molar-refractivity contribution < 1.29 is 23.8 Å². The molecule has 29 heavy (non-hydrogen) atoms. The van der Waals surface area contributed by atoms with E-state index in [0.29, 0.717) is 29.9 Å². The molecule has 1 aliphatic heterocycles. The van der Waals surface area contributed by atoms with E-state index in [1.165, 1.54) is 17.9 Å². The Labute approximate surface area is 167 Å². The molecular weight excluding hydrogens is 379 g/mol. The van der Waals surface area contributed by atoms with Crippen molar-refractivity contribution in [3.05, 3.63) is 48.0 Å². The van der Waals surface area contributed by atoms with Gasteiger partial charge in [-0.05, 0) is 35.9 Å². The fourth-order valence-electron chi connectivity index (χ4n) is 3.04. The first-order chi connectivity index (χ1) is 14.0. The molecule has 1 saturated heterocycles. The van der Waals surface area contributed by atoms with Crippen molar-refractivity contribution in [3.63, 3.8) is 0 Å². The molecule has 0 saturated carbocycles. The highest BCUT2D eigenvalue weighted by Crippen LogP contribution is 2.29. The maximum atomic E-state index is 14.8. The lowest BCUT2D eigenvalue weighted by Gasteiger charge is -2.15. The second-order valence-corrected chi connectivity index (χ2v) is 6.65. The minimum atomic E-state index is -0.575. The van der Waals surface area contributed by atoms with Gasteiger partial charge in [0, 0.05) is 31.8 Å². The molecule has 2 heterocycles. The Morgan fingerprint density at radius 2 is 2.21 bits per heavy atom. The molecule has 1 aliphatic rings. The molecule has 2 aromatic rings. The second kappa shape index (κ2) is 9.44. The number of aromatic nitrogens is 1. The van der Waals surface area contributed by atoms with E-state index in [0.717, 1.165) is 5.69 Å². The molecule has 0 spiro atoms. The Morgan fingerprint density at radius 1 is 1.38 bits per heavy atom. The number of nitrogens with one attached hydrogen (secondary N) is 2. The third kappa shape index (κ3) is 5.27. The summed E-state index contributed by atoms with van der Waals surface area (Å²) in [5.74, 6) is -0.681. The summed E-state index contributed by atoms with van der Waals surface area (Å²) in [7, 11) is 0. The smallest absolute Gasteiger partial charge is 0.414 e. The van der Waals surface area contributed by atoms with Gasteiger partial charge in [0.2, 0.25) is 5.91 Å². The number of ether oxygens (including phenoxy) is 1. The lowest BCUT2D eigenvalue weighted by molar-refractivity contribution is -0.119. The van der Waals surface area contributed by atoms with Crippen LogP contribution in [0, 0.1) is 5.82 Å². The summed E-state index contributed by atoms with van der Waals surface area (Å²) in [6, 6.07) is 8.04. The number of amides is 2. The summed E-state index contributed by atoms with van der Waals surface area (Å²) >= 11 is 0. The predicted octanol–water partition coefficient (Wildman–Crippen LogP) is 1.43. The zero-order valence-electron chi connectivity index (χ0n) is 16.0. The van der Waals surface area contributed by atoms with Crippen molar-refractivity contribution >= 4 is 17.7 Å². The Kier molecular flexibility index (Phi) is 6.73. The van der Waals surface area contributed by atoms with Crippen LogP contribution in [0.15, 0.2) is 36.5 Å². The summed E-state index contributed by atoms with van der Waals surface area (Å²) in [6.45, 7) is 2.76. The predicted molar refractivity (Wildman–Crippen MR) is 105 cm³/mol. The van der Waals surface area contributed by atoms with Crippen molar-refractivity contribution in [2.45, 2.75) is 19.6 Å².